The van der Waals surface area contributed by atoms with Gasteiger partial charge in [-0.2, -0.15) is 0 Å². The fourth-order valence-electron chi connectivity index (χ4n) is 4.28. The number of aryl methyl sites for hydroxylation is 1. The Balaban J connectivity index is 1.36. The molecule has 0 saturated heterocycles. The second kappa shape index (κ2) is 7.09. The van der Waals surface area contributed by atoms with Gasteiger partial charge in [0.05, 0.1) is 16.5 Å². The SMILES string of the molecule is C[C@H](OC(=O)c1ccc2c(=O)n3c(nc2c1)CCC3)C(=O)N1CCc2ccccc21. The number of benzene rings is 2. The minimum absolute atomic E-state index is 0.0799. The molecule has 0 spiro atoms. The topological polar surface area (TPSA) is 81.5 Å². The molecule has 2 aliphatic rings. The lowest BCUT2D eigenvalue weighted by Crippen LogP contribution is -2.39. The minimum atomic E-state index is -0.919. The molecule has 7 heteroatoms. The first-order chi connectivity index (χ1) is 14.5. The fourth-order valence-corrected chi connectivity index (χ4v) is 4.28. The third-order valence-electron chi connectivity index (χ3n) is 5.84. The molecule has 0 N–H and O–H groups in total. The molecule has 3 aromatic rings. The Labute approximate surface area is 172 Å². The van der Waals surface area contributed by atoms with Crippen LogP contribution in [0.5, 0.6) is 0 Å². The number of amides is 1. The summed E-state index contributed by atoms with van der Waals surface area (Å²) < 4.78 is 7.15. The van der Waals surface area contributed by atoms with E-state index in [-0.39, 0.29) is 17.0 Å². The van der Waals surface area contributed by atoms with Gasteiger partial charge in [0.25, 0.3) is 11.5 Å². The van der Waals surface area contributed by atoms with Gasteiger partial charge in [-0.15, -0.1) is 0 Å². The highest BCUT2D eigenvalue weighted by Gasteiger charge is 2.30. The molecule has 0 bridgehead atoms. The molecular formula is C23H21N3O4. The van der Waals surface area contributed by atoms with E-state index in [2.05, 4.69) is 4.98 Å². The summed E-state index contributed by atoms with van der Waals surface area (Å²) in [6.45, 7) is 2.84. The van der Waals surface area contributed by atoms with Gasteiger partial charge in [0.2, 0.25) is 0 Å². The number of para-hydroxylation sites is 1. The highest BCUT2D eigenvalue weighted by molar-refractivity contribution is 6.01. The molecule has 2 aliphatic heterocycles. The lowest BCUT2D eigenvalue weighted by molar-refractivity contribution is -0.126. The third kappa shape index (κ3) is 2.98. The number of fused-ring (bicyclic) bond motifs is 3. The first kappa shape index (κ1) is 18.5. The summed E-state index contributed by atoms with van der Waals surface area (Å²) in [6.07, 6.45) is 1.52. The number of rotatable bonds is 3. The van der Waals surface area contributed by atoms with Crippen LogP contribution in [0, 0.1) is 0 Å². The summed E-state index contributed by atoms with van der Waals surface area (Å²) in [5.74, 6) is -0.106. The molecule has 5 rings (SSSR count). The van der Waals surface area contributed by atoms with E-state index in [9.17, 15) is 14.4 Å². The highest BCUT2D eigenvalue weighted by Crippen LogP contribution is 2.28. The number of nitrogens with zero attached hydrogens (tertiary/aromatic N) is 3. The summed E-state index contributed by atoms with van der Waals surface area (Å²) in [5.41, 5.74) is 2.66. The molecule has 30 heavy (non-hydrogen) atoms. The van der Waals surface area contributed by atoms with Gasteiger partial charge >= 0.3 is 5.97 Å². The van der Waals surface area contributed by atoms with Crippen molar-refractivity contribution >= 4 is 28.5 Å². The van der Waals surface area contributed by atoms with E-state index in [1.165, 1.54) is 0 Å². The molecule has 1 aromatic heterocycles. The Kier molecular flexibility index (Phi) is 4.38. The second-order valence-electron chi connectivity index (χ2n) is 7.74. The van der Waals surface area contributed by atoms with Crippen molar-refractivity contribution in [1.29, 1.82) is 0 Å². The van der Waals surface area contributed by atoms with Crippen LogP contribution in [-0.2, 0) is 28.9 Å². The Morgan fingerprint density at radius 1 is 1.10 bits per heavy atom. The summed E-state index contributed by atoms with van der Waals surface area (Å²) >= 11 is 0. The Hall–Kier alpha value is -3.48. The van der Waals surface area contributed by atoms with Gasteiger partial charge in [-0.3, -0.25) is 14.2 Å². The van der Waals surface area contributed by atoms with Gasteiger partial charge < -0.3 is 9.64 Å². The summed E-state index contributed by atoms with van der Waals surface area (Å²) in [5, 5.41) is 0.481. The van der Waals surface area contributed by atoms with E-state index in [4.69, 9.17) is 4.74 Å². The Morgan fingerprint density at radius 2 is 1.93 bits per heavy atom. The van der Waals surface area contributed by atoms with Gasteiger partial charge in [-0.1, -0.05) is 18.2 Å². The van der Waals surface area contributed by atoms with Crippen LogP contribution in [-0.4, -0.2) is 34.1 Å². The molecule has 0 aliphatic carbocycles. The predicted octanol–water partition coefficient (Wildman–Crippen LogP) is 2.48. The van der Waals surface area contributed by atoms with E-state index in [1.54, 1.807) is 34.6 Å². The smallest absolute Gasteiger partial charge is 0.338 e. The van der Waals surface area contributed by atoms with Crippen LogP contribution in [0.15, 0.2) is 47.3 Å². The molecule has 3 heterocycles. The Morgan fingerprint density at radius 3 is 2.80 bits per heavy atom. The van der Waals surface area contributed by atoms with Crippen LogP contribution in [0.3, 0.4) is 0 Å². The van der Waals surface area contributed by atoms with E-state index < -0.39 is 12.1 Å². The average molecular weight is 403 g/mol. The zero-order valence-electron chi connectivity index (χ0n) is 16.6. The maximum Gasteiger partial charge on any atom is 0.338 e. The average Bonchev–Trinajstić information content (AvgIpc) is 3.40. The fraction of sp³-hybridized carbons (Fsp3) is 0.304. The van der Waals surface area contributed by atoms with Crippen molar-refractivity contribution in [3.8, 4) is 0 Å². The monoisotopic (exact) mass is 403 g/mol. The van der Waals surface area contributed by atoms with Crippen LogP contribution in [0.25, 0.3) is 10.9 Å². The van der Waals surface area contributed by atoms with Crippen molar-refractivity contribution in [3.05, 3.63) is 69.8 Å². The molecular weight excluding hydrogens is 382 g/mol. The molecule has 2 aromatic carbocycles. The van der Waals surface area contributed by atoms with Crippen molar-refractivity contribution in [2.24, 2.45) is 0 Å². The van der Waals surface area contributed by atoms with Crippen molar-refractivity contribution in [2.45, 2.75) is 38.8 Å². The number of carbonyl (C=O) groups excluding carboxylic acids is 2. The predicted molar refractivity (Wildman–Crippen MR) is 112 cm³/mol. The number of esters is 1. The van der Waals surface area contributed by atoms with E-state index in [1.807, 2.05) is 24.3 Å². The maximum absolute atomic E-state index is 12.9. The Bertz CT molecular complexity index is 1250. The zero-order chi connectivity index (χ0) is 20.8. The van der Waals surface area contributed by atoms with Crippen LogP contribution >= 0.6 is 0 Å². The van der Waals surface area contributed by atoms with Crippen molar-refractivity contribution in [2.75, 3.05) is 11.4 Å². The number of ether oxygens (including phenoxy) is 1. The van der Waals surface area contributed by atoms with Gasteiger partial charge in [-0.05, 0) is 49.6 Å². The van der Waals surface area contributed by atoms with Crippen molar-refractivity contribution in [3.63, 3.8) is 0 Å². The number of hydrogen-bond acceptors (Lipinski definition) is 5. The van der Waals surface area contributed by atoms with Gasteiger partial charge in [0.15, 0.2) is 6.10 Å². The number of carbonyl (C=O) groups is 2. The van der Waals surface area contributed by atoms with Gasteiger partial charge in [0, 0.05) is 25.2 Å². The van der Waals surface area contributed by atoms with E-state index >= 15 is 0 Å². The van der Waals surface area contributed by atoms with Crippen molar-refractivity contribution < 1.29 is 14.3 Å². The quantitative estimate of drug-likeness (QED) is 0.628. The van der Waals surface area contributed by atoms with Crippen LogP contribution in [0.1, 0.15) is 35.1 Å². The third-order valence-corrected chi connectivity index (χ3v) is 5.84. The summed E-state index contributed by atoms with van der Waals surface area (Å²) in [4.78, 5) is 44.3. The lowest BCUT2D eigenvalue weighted by Gasteiger charge is -2.21. The summed E-state index contributed by atoms with van der Waals surface area (Å²) in [6, 6.07) is 12.5. The standard InChI is InChI=1S/C23H21N3O4/c1-14(21(27)25-12-10-15-5-2-3-6-19(15)25)30-23(29)16-8-9-17-18(13-16)24-20-7-4-11-26(20)22(17)28/h2-3,5-6,8-9,13-14H,4,7,10-12H2,1H3/t14-/m0/s1. The minimum Gasteiger partial charge on any atom is -0.449 e. The molecule has 7 nitrogen and oxygen atoms in total. The van der Waals surface area contributed by atoms with E-state index in [0.717, 1.165) is 36.3 Å². The normalized spacial score (nSPS) is 15.7. The molecule has 1 atom stereocenters. The number of aromatic nitrogens is 2. The second-order valence-corrected chi connectivity index (χ2v) is 7.74. The van der Waals surface area contributed by atoms with Crippen LogP contribution < -0.4 is 10.5 Å². The molecule has 0 saturated carbocycles. The molecule has 0 unspecified atom stereocenters. The molecule has 152 valence electrons. The molecule has 0 radical (unpaired) electrons. The van der Waals surface area contributed by atoms with Gasteiger partial charge in [0.1, 0.15) is 5.82 Å². The summed E-state index contributed by atoms with van der Waals surface area (Å²) in [7, 11) is 0. The highest BCUT2D eigenvalue weighted by atomic mass is 16.5. The van der Waals surface area contributed by atoms with Crippen LogP contribution in [0.2, 0.25) is 0 Å². The first-order valence-electron chi connectivity index (χ1n) is 10.2. The van der Waals surface area contributed by atoms with Crippen LogP contribution in [0.4, 0.5) is 5.69 Å². The molecule has 1 amide bonds. The number of hydrogen-bond donors (Lipinski definition) is 0. The number of anilines is 1. The zero-order valence-corrected chi connectivity index (χ0v) is 16.6. The molecule has 0 fully saturated rings. The maximum atomic E-state index is 12.9. The first-order valence-corrected chi connectivity index (χ1v) is 10.2. The van der Waals surface area contributed by atoms with Gasteiger partial charge in [-0.25, -0.2) is 9.78 Å². The van der Waals surface area contributed by atoms with E-state index in [0.29, 0.717) is 24.0 Å². The van der Waals surface area contributed by atoms with Crippen molar-refractivity contribution in [1.82, 2.24) is 9.55 Å². The largest absolute Gasteiger partial charge is 0.449 e. The lowest BCUT2D eigenvalue weighted by atomic mass is 10.1.